The zero-order valence-electron chi connectivity index (χ0n) is 10.9. The third kappa shape index (κ3) is 2.70. The van der Waals surface area contributed by atoms with Crippen molar-refractivity contribution in [1.29, 1.82) is 0 Å². The molecule has 0 bridgehead atoms. The molecule has 0 spiro atoms. The number of nitrogens with zero attached hydrogens (tertiary/aromatic N) is 2. The van der Waals surface area contributed by atoms with Gasteiger partial charge in [-0.15, -0.1) is 0 Å². The predicted molar refractivity (Wildman–Crippen MR) is 75.2 cm³/mol. The summed E-state index contributed by atoms with van der Waals surface area (Å²) in [4.78, 5) is 8.44. The van der Waals surface area contributed by atoms with E-state index in [0.717, 1.165) is 21.5 Å². The minimum absolute atomic E-state index is 0.561. The molecule has 2 aromatic rings. The summed E-state index contributed by atoms with van der Waals surface area (Å²) in [7, 11) is 0. The average Bonchev–Trinajstić information content (AvgIpc) is 2.28. The van der Waals surface area contributed by atoms with E-state index < -0.39 is 0 Å². The van der Waals surface area contributed by atoms with Gasteiger partial charge in [0.2, 0.25) is 5.88 Å². The monoisotopic (exact) mass is 306 g/mol. The summed E-state index contributed by atoms with van der Waals surface area (Å²) in [5, 5.41) is 0. The second kappa shape index (κ2) is 5.06. The van der Waals surface area contributed by atoms with Crippen LogP contribution in [0.3, 0.4) is 0 Å². The lowest BCUT2D eigenvalue weighted by Gasteiger charge is -2.13. The van der Waals surface area contributed by atoms with Crippen molar-refractivity contribution < 1.29 is 4.74 Å². The Balaban J connectivity index is 2.42. The molecule has 1 heterocycles. The van der Waals surface area contributed by atoms with E-state index in [9.17, 15) is 0 Å². The normalized spacial score (nSPS) is 10.5. The predicted octanol–water partition coefficient (Wildman–Crippen LogP) is 4.27. The van der Waals surface area contributed by atoms with Gasteiger partial charge in [-0.3, -0.25) is 0 Å². The highest BCUT2D eigenvalue weighted by molar-refractivity contribution is 9.10. The van der Waals surface area contributed by atoms with Crippen LogP contribution in [0.1, 0.15) is 22.5 Å². The number of ether oxygens (including phenoxy) is 1. The summed E-state index contributed by atoms with van der Waals surface area (Å²) in [5.74, 6) is 2.12. The van der Waals surface area contributed by atoms with E-state index in [2.05, 4.69) is 51.9 Å². The van der Waals surface area contributed by atoms with Crippen molar-refractivity contribution in [2.24, 2.45) is 0 Å². The molecule has 2 rings (SSSR count). The molecule has 94 valence electrons. The first-order valence-electron chi connectivity index (χ1n) is 5.73. The largest absolute Gasteiger partial charge is 0.438 e. The number of hydrogen-bond donors (Lipinski definition) is 0. The molecule has 0 N–H and O–H groups in total. The van der Waals surface area contributed by atoms with E-state index in [1.165, 1.54) is 5.56 Å². The summed E-state index contributed by atoms with van der Waals surface area (Å²) >= 11 is 3.35. The Kier molecular flexibility index (Phi) is 3.66. The van der Waals surface area contributed by atoms with Crippen molar-refractivity contribution in [3.8, 4) is 11.6 Å². The molecule has 1 aromatic carbocycles. The van der Waals surface area contributed by atoms with Crippen molar-refractivity contribution in [1.82, 2.24) is 9.97 Å². The standard InChI is InChI=1S/C14H15BrN2O/c1-8-5-6-9(2)14(10(8)3)18-13-7-12(15)16-11(4)17-13/h5-7H,1-4H3. The van der Waals surface area contributed by atoms with Crippen molar-refractivity contribution in [2.45, 2.75) is 27.7 Å². The van der Waals surface area contributed by atoms with Gasteiger partial charge in [-0.25, -0.2) is 4.98 Å². The van der Waals surface area contributed by atoms with Gasteiger partial charge in [0.05, 0.1) is 0 Å². The highest BCUT2D eigenvalue weighted by atomic mass is 79.9. The molecule has 4 heteroatoms. The van der Waals surface area contributed by atoms with Crippen LogP contribution in [0, 0.1) is 27.7 Å². The Hall–Kier alpha value is -1.42. The molecule has 0 aliphatic carbocycles. The minimum Gasteiger partial charge on any atom is -0.438 e. The van der Waals surface area contributed by atoms with E-state index >= 15 is 0 Å². The Morgan fingerprint density at radius 2 is 1.67 bits per heavy atom. The lowest BCUT2D eigenvalue weighted by Crippen LogP contribution is -1.97. The number of rotatable bonds is 2. The summed E-state index contributed by atoms with van der Waals surface area (Å²) in [6.07, 6.45) is 0. The van der Waals surface area contributed by atoms with Crippen LogP contribution in [-0.2, 0) is 0 Å². The number of aryl methyl sites for hydroxylation is 3. The fourth-order valence-corrected chi connectivity index (χ4v) is 2.20. The second-order valence-electron chi connectivity index (χ2n) is 4.33. The molecule has 0 atom stereocenters. The lowest BCUT2D eigenvalue weighted by atomic mass is 10.1. The molecular weight excluding hydrogens is 292 g/mol. The van der Waals surface area contributed by atoms with E-state index in [1.54, 1.807) is 6.07 Å². The highest BCUT2D eigenvalue weighted by Gasteiger charge is 2.09. The second-order valence-corrected chi connectivity index (χ2v) is 5.14. The summed E-state index contributed by atoms with van der Waals surface area (Å²) in [6, 6.07) is 5.92. The summed E-state index contributed by atoms with van der Waals surface area (Å²) in [5.41, 5.74) is 3.45. The van der Waals surface area contributed by atoms with E-state index in [4.69, 9.17) is 4.74 Å². The van der Waals surface area contributed by atoms with Crippen LogP contribution in [0.15, 0.2) is 22.8 Å². The SMILES string of the molecule is Cc1nc(Br)cc(Oc2c(C)ccc(C)c2C)n1. The zero-order chi connectivity index (χ0) is 13.3. The molecule has 0 fully saturated rings. The van der Waals surface area contributed by atoms with Gasteiger partial charge in [-0.05, 0) is 60.3 Å². The van der Waals surface area contributed by atoms with Crippen molar-refractivity contribution in [3.05, 3.63) is 45.3 Å². The molecule has 0 aliphatic rings. The Bertz CT molecular complexity index is 576. The molecule has 0 aliphatic heterocycles. The first-order chi connectivity index (χ1) is 8.47. The van der Waals surface area contributed by atoms with Gasteiger partial charge in [0.25, 0.3) is 0 Å². The third-order valence-electron chi connectivity index (χ3n) is 2.86. The van der Waals surface area contributed by atoms with Crippen molar-refractivity contribution >= 4 is 15.9 Å². The smallest absolute Gasteiger partial charge is 0.223 e. The van der Waals surface area contributed by atoms with E-state index in [0.29, 0.717) is 11.7 Å². The quantitative estimate of drug-likeness (QED) is 0.777. The molecule has 0 saturated heterocycles. The van der Waals surface area contributed by atoms with Gasteiger partial charge in [0.15, 0.2) is 0 Å². The first kappa shape index (κ1) is 13.0. The molecular formula is C14H15BrN2O. The van der Waals surface area contributed by atoms with Gasteiger partial charge in [0.1, 0.15) is 16.2 Å². The maximum Gasteiger partial charge on any atom is 0.223 e. The van der Waals surface area contributed by atoms with Crippen LogP contribution in [-0.4, -0.2) is 9.97 Å². The number of aromatic nitrogens is 2. The van der Waals surface area contributed by atoms with Crippen LogP contribution in [0.2, 0.25) is 0 Å². The maximum absolute atomic E-state index is 5.90. The maximum atomic E-state index is 5.90. The number of benzene rings is 1. The topological polar surface area (TPSA) is 35.0 Å². The molecule has 3 nitrogen and oxygen atoms in total. The Labute approximate surface area is 115 Å². The molecule has 1 aromatic heterocycles. The zero-order valence-corrected chi connectivity index (χ0v) is 12.5. The molecule has 0 radical (unpaired) electrons. The fraction of sp³-hybridized carbons (Fsp3) is 0.286. The summed E-state index contributed by atoms with van der Waals surface area (Å²) in [6.45, 7) is 8.00. The Morgan fingerprint density at radius 3 is 2.33 bits per heavy atom. The van der Waals surface area contributed by atoms with Gasteiger partial charge >= 0.3 is 0 Å². The fourth-order valence-electron chi connectivity index (χ4n) is 1.74. The molecule has 18 heavy (non-hydrogen) atoms. The third-order valence-corrected chi connectivity index (χ3v) is 3.27. The van der Waals surface area contributed by atoms with Crippen molar-refractivity contribution in [2.75, 3.05) is 0 Å². The first-order valence-corrected chi connectivity index (χ1v) is 6.52. The number of hydrogen-bond acceptors (Lipinski definition) is 3. The summed E-state index contributed by atoms with van der Waals surface area (Å²) < 4.78 is 6.63. The highest BCUT2D eigenvalue weighted by Crippen LogP contribution is 2.30. The molecule has 0 saturated carbocycles. The van der Waals surface area contributed by atoms with Crippen LogP contribution < -0.4 is 4.74 Å². The Morgan fingerprint density at radius 1 is 1.00 bits per heavy atom. The average molecular weight is 307 g/mol. The van der Waals surface area contributed by atoms with Crippen LogP contribution >= 0.6 is 15.9 Å². The van der Waals surface area contributed by atoms with Gasteiger partial charge in [-0.1, -0.05) is 12.1 Å². The van der Waals surface area contributed by atoms with Gasteiger partial charge in [-0.2, -0.15) is 4.98 Å². The minimum atomic E-state index is 0.561. The van der Waals surface area contributed by atoms with E-state index in [-0.39, 0.29) is 0 Å². The van der Waals surface area contributed by atoms with Crippen LogP contribution in [0.4, 0.5) is 0 Å². The van der Waals surface area contributed by atoms with Gasteiger partial charge < -0.3 is 4.74 Å². The lowest BCUT2D eigenvalue weighted by molar-refractivity contribution is 0.452. The van der Waals surface area contributed by atoms with Crippen molar-refractivity contribution in [3.63, 3.8) is 0 Å². The van der Waals surface area contributed by atoms with Crippen LogP contribution in [0.25, 0.3) is 0 Å². The van der Waals surface area contributed by atoms with Gasteiger partial charge in [0, 0.05) is 6.07 Å². The van der Waals surface area contributed by atoms with Crippen LogP contribution in [0.5, 0.6) is 11.6 Å². The molecule has 0 unspecified atom stereocenters. The number of halogens is 1. The molecule has 0 amide bonds. The van der Waals surface area contributed by atoms with E-state index in [1.807, 2.05) is 13.8 Å².